The molecule has 1 saturated heterocycles. The maximum Gasteiger partial charge on any atom is 0.0615 e. The molecule has 3 nitrogen and oxygen atoms in total. The third-order valence-electron chi connectivity index (χ3n) is 4.26. The average molecular weight is 256 g/mol. The van der Waals surface area contributed by atoms with Gasteiger partial charge in [0.1, 0.15) is 0 Å². The zero-order valence-corrected chi connectivity index (χ0v) is 13.1. The van der Waals surface area contributed by atoms with Gasteiger partial charge in [0.05, 0.1) is 6.61 Å². The second kappa shape index (κ2) is 6.88. The molecule has 1 fully saturated rings. The van der Waals surface area contributed by atoms with Gasteiger partial charge in [-0.25, -0.2) is 0 Å². The second-order valence-corrected chi connectivity index (χ2v) is 6.56. The third kappa shape index (κ3) is 4.22. The van der Waals surface area contributed by atoms with Crippen LogP contribution in [0.2, 0.25) is 0 Å². The Labute approximate surface area is 113 Å². The van der Waals surface area contributed by atoms with Crippen molar-refractivity contribution in [3.8, 4) is 0 Å². The molecule has 0 radical (unpaired) electrons. The lowest BCUT2D eigenvalue weighted by atomic mass is 9.89. The summed E-state index contributed by atoms with van der Waals surface area (Å²) in [5.41, 5.74) is 0.259. The Morgan fingerprint density at radius 3 is 2.56 bits per heavy atom. The molecule has 108 valence electrons. The summed E-state index contributed by atoms with van der Waals surface area (Å²) in [5.74, 6) is 0.750. The van der Waals surface area contributed by atoms with Crippen molar-refractivity contribution in [3.05, 3.63) is 0 Å². The Balaban J connectivity index is 2.72. The second-order valence-electron chi connectivity index (χ2n) is 6.56. The molecule has 0 aromatic heterocycles. The van der Waals surface area contributed by atoms with Crippen molar-refractivity contribution in [2.24, 2.45) is 5.92 Å². The Morgan fingerprint density at radius 1 is 1.39 bits per heavy atom. The molecule has 3 heteroatoms. The molecule has 0 aromatic carbocycles. The molecule has 3 atom stereocenters. The van der Waals surface area contributed by atoms with Gasteiger partial charge in [0.25, 0.3) is 0 Å². The summed E-state index contributed by atoms with van der Waals surface area (Å²) in [6.07, 6.45) is 2.44. The smallest absolute Gasteiger partial charge is 0.0615 e. The molecule has 0 bridgehead atoms. The van der Waals surface area contributed by atoms with Gasteiger partial charge >= 0.3 is 0 Å². The van der Waals surface area contributed by atoms with E-state index in [0.29, 0.717) is 12.1 Å². The molecule has 3 unspecified atom stereocenters. The van der Waals surface area contributed by atoms with Crippen LogP contribution in [-0.4, -0.2) is 49.3 Å². The fraction of sp³-hybridized carbons (Fsp3) is 1.00. The van der Waals surface area contributed by atoms with E-state index in [1.54, 1.807) is 7.11 Å². The topological polar surface area (TPSA) is 24.5 Å². The molecular formula is C15H32N2O. The monoisotopic (exact) mass is 256 g/mol. The van der Waals surface area contributed by atoms with Crippen molar-refractivity contribution in [3.63, 3.8) is 0 Å². The molecule has 1 aliphatic heterocycles. The van der Waals surface area contributed by atoms with E-state index in [1.807, 2.05) is 0 Å². The summed E-state index contributed by atoms with van der Waals surface area (Å²) < 4.78 is 5.35. The minimum absolute atomic E-state index is 0.259. The van der Waals surface area contributed by atoms with Gasteiger partial charge in [0.15, 0.2) is 0 Å². The van der Waals surface area contributed by atoms with Crippen molar-refractivity contribution in [1.29, 1.82) is 0 Å². The van der Waals surface area contributed by atoms with Crippen molar-refractivity contribution >= 4 is 0 Å². The van der Waals surface area contributed by atoms with Crippen LogP contribution in [0.4, 0.5) is 0 Å². The van der Waals surface area contributed by atoms with E-state index in [0.717, 1.165) is 25.6 Å². The average Bonchev–Trinajstić information content (AvgIpc) is 2.31. The minimum atomic E-state index is 0.259. The predicted octanol–water partition coefficient (Wildman–Crippen LogP) is 2.51. The van der Waals surface area contributed by atoms with Gasteiger partial charge in [-0.05, 0) is 32.6 Å². The lowest BCUT2D eigenvalue weighted by Crippen LogP contribution is -2.65. The van der Waals surface area contributed by atoms with Gasteiger partial charge in [-0.2, -0.15) is 0 Å². The van der Waals surface area contributed by atoms with Crippen molar-refractivity contribution in [2.75, 3.05) is 26.8 Å². The molecule has 0 spiro atoms. The molecule has 0 aromatic rings. The van der Waals surface area contributed by atoms with Crippen LogP contribution >= 0.6 is 0 Å². The standard InChI is InChI=1S/C15H32N2O/c1-7-15(5)11-17(13(4)10-18-6)14(9-16-15)8-12(2)3/h12-14,16H,7-11H2,1-6H3. The number of nitrogens with zero attached hydrogens (tertiary/aromatic N) is 1. The van der Waals surface area contributed by atoms with Crippen LogP contribution in [-0.2, 0) is 4.74 Å². The molecule has 1 N–H and O–H groups in total. The highest BCUT2D eigenvalue weighted by Gasteiger charge is 2.36. The van der Waals surface area contributed by atoms with E-state index in [-0.39, 0.29) is 5.54 Å². The first kappa shape index (κ1) is 15.9. The lowest BCUT2D eigenvalue weighted by molar-refractivity contribution is 0.0110. The van der Waals surface area contributed by atoms with Crippen molar-refractivity contribution in [1.82, 2.24) is 10.2 Å². The van der Waals surface area contributed by atoms with Gasteiger partial charge < -0.3 is 10.1 Å². The van der Waals surface area contributed by atoms with E-state index in [4.69, 9.17) is 4.74 Å². The van der Waals surface area contributed by atoms with Gasteiger partial charge in [-0.3, -0.25) is 4.90 Å². The number of hydrogen-bond donors (Lipinski definition) is 1. The molecular weight excluding hydrogens is 224 g/mol. The first-order chi connectivity index (χ1) is 8.41. The first-order valence-electron chi connectivity index (χ1n) is 7.41. The Kier molecular flexibility index (Phi) is 6.09. The summed E-state index contributed by atoms with van der Waals surface area (Å²) in [6, 6.07) is 1.15. The maximum absolute atomic E-state index is 5.35. The normalized spacial score (nSPS) is 31.8. The maximum atomic E-state index is 5.35. The molecule has 1 aliphatic rings. The van der Waals surface area contributed by atoms with Crippen LogP contribution in [0.15, 0.2) is 0 Å². The Bertz CT molecular complexity index is 245. The van der Waals surface area contributed by atoms with Gasteiger partial charge in [-0.15, -0.1) is 0 Å². The van der Waals surface area contributed by atoms with Gasteiger partial charge in [0.2, 0.25) is 0 Å². The number of methoxy groups -OCH3 is 1. The zero-order valence-electron chi connectivity index (χ0n) is 13.1. The largest absolute Gasteiger partial charge is 0.383 e. The molecule has 0 saturated carbocycles. The van der Waals surface area contributed by atoms with E-state index >= 15 is 0 Å². The fourth-order valence-electron chi connectivity index (χ4n) is 2.92. The fourth-order valence-corrected chi connectivity index (χ4v) is 2.92. The van der Waals surface area contributed by atoms with E-state index in [9.17, 15) is 0 Å². The lowest BCUT2D eigenvalue weighted by Gasteiger charge is -2.49. The summed E-state index contributed by atoms with van der Waals surface area (Å²) in [7, 11) is 1.80. The highest BCUT2D eigenvalue weighted by Crippen LogP contribution is 2.24. The van der Waals surface area contributed by atoms with Crippen LogP contribution in [0.3, 0.4) is 0 Å². The van der Waals surface area contributed by atoms with Gasteiger partial charge in [0, 0.05) is 37.8 Å². The Hall–Kier alpha value is -0.120. The summed E-state index contributed by atoms with van der Waals surface area (Å²) >= 11 is 0. The summed E-state index contributed by atoms with van der Waals surface area (Å²) in [6.45, 7) is 14.6. The number of rotatable bonds is 6. The Morgan fingerprint density at radius 2 is 2.06 bits per heavy atom. The zero-order chi connectivity index (χ0) is 13.8. The molecule has 18 heavy (non-hydrogen) atoms. The van der Waals surface area contributed by atoms with Crippen LogP contribution in [0.1, 0.15) is 47.5 Å². The number of piperazine rings is 1. The van der Waals surface area contributed by atoms with Gasteiger partial charge in [-0.1, -0.05) is 20.8 Å². The number of ether oxygens (including phenoxy) is 1. The SMILES string of the molecule is CCC1(C)CN(C(C)COC)C(CC(C)C)CN1. The van der Waals surface area contributed by atoms with Crippen molar-refractivity contribution in [2.45, 2.75) is 65.1 Å². The van der Waals surface area contributed by atoms with E-state index < -0.39 is 0 Å². The van der Waals surface area contributed by atoms with Crippen LogP contribution in [0, 0.1) is 5.92 Å². The highest BCUT2D eigenvalue weighted by molar-refractivity contribution is 4.96. The molecule has 0 aliphatic carbocycles. The third-order valence-corrected chi connectivity index (χ3v) is 4.26. The van der Waals surface area contributed by atoms with Crippen LogP contribution in [0.25, 0.3) is 0 Å². The summed E-state index contributed by atoms with van der Waals surface area (Å²) in [4.78, 5) is 2.66. The minimum Gasteiger partial charge on any atom is -0.383 e. The summed E-state index contributed by atoms with van der Waals surface area (Å²) in [5, 5.41) is 3.75. The van der Waals surface area contributed by atoms with E-state index in [1.165, 1.54) is 12.8 Å². The van der Waals surface area contributed by atoms with Crippen LogP contribution < -0.4 is 5.32 Å². The first-order valence-corrected chi connectivity index (χ1v) is 7.41. The number of nitrogens with one attached hydrogen (secondary N) is 1. The van der Waals surface area contributed by atoms with Crippen LogP contribution in [0.5, 0.6) is 0 Å². The van der Waals surface area contributed by atoms with E-state index in [2.05, 4.69) is 44.8 Å². The molecule has 1 heterocycles. The number of hydrogen-bond acceptors (Lipinski definition) is 3. The quantitative estimate of drug-likeness (QED) is 0.790. The predicted molar refractivity (Wildman–Crippen MR) is 78.0 cm³/mol. The van der Waals surface area contributed by atoms with Crippen molar-refractivity contribution < 1.29 is 4.74 Å². The highest BCUT2D eigenvalue weighted by atomic mass is 16.5. The molecule has 0 amide bonds. The molecule has 1 rings (SSSR count).